The zero-order valence-electron chi connectivity index (χ0n) is 21.1. The Hall–Kier alpha value is -3.80. The molecule has 0 spiro atoms. The van der Waals surface area contributed by atoms with Gasteiger partial charge in [-0.3, -0.25) is 14.3 Å². The maximum absolute atomic E-state index is 13.5. The lowest BCUT2D eigenvalue weighted by atomic mass is 10.1. The number of hydrogen-bond donors (Lipinski definition) is 1. The second kappa shape index (κ2) is 9.58. The number of nitrogens with one attached hydrogen (secondary N) is 1. The molecule has 1 aliphatic carbocycles. The summed E-state index contributed by atoms with van der Waals surface area (Å²) in [5.41, 5.74) is 3.77. The van der Waals surface area contributed by atoms with E-state index < -0.39 is 9.84 Å². The summed E-state index contributed by atoms with van der Waals surface area (Å²) >= 11 is 0. The van der Waals surface area contributed by atoms with Gasteiger partial charge in [0.05, 0.1) is 40.3 Å². The van der Waals surface area contributed by atoms with Gasteiger partial charge in [0.15, 0.2) is 27.1 Å². The van der Waals surface area contributed by atoms with E-state index in [1.807, 2.05) is 20.8 Å². The molecule has 12 heteroatoms. The molecule has 1 saturated carbocycles. The smallest absolute Gasteiger partial charge is 0.295 e. The fourth-order valence-electron chi connectivity index (χ4n) is 4.17. The summed E-state index contributed by atoms with van der Waals surface area (Å²) in [6.45, 7) is 6.08. The number of hydrogen-bond acceptors (Lipinski definition) is 10. The van der Waals surface area contributed by atoms with Gasteiger partial charge in [-0.25, -0.2) is 33.3 Å². The number of sulfone groups is 1. The van der Waals surface area contributed by atoms with Crippen LogP contribution in [0, 0.1) is 6.92 Å². The topological polar surface area (TPSA) is 146 Å². The highest BCUT2D eigenvalue weighted by Gasteiger charge is 2.30. The van der Waals surface area contributed by atoms with Gasteiger partial charge in [-0.05, 0) is 45.2 Å². The van der Waals surface area contributed by atoms with Gasteiger partial charge in [-0.15, -0.1) is 0 Å². The van der Waals surface area contributed by atoms with Gasteiger partial charge in [0.2, 0.25) is 0 Å². The number of fused-ring (bicyclic) bond motifs is 1. The lowest BCUT2D eigenvalue weighted by Gasteiger charge is -2.18. The molecular formula is C25H28N8O3S. The average Bonchev–Trinajstić information content (AvgIpc) is 3.72. The zero-order chi connectivity index (χ0) is 26.3. The fraction of sp³-hybridized carbons (Fsp3) is 0.400. The van der Waals surface area contributed by atoms with Crippen molar-refractivity contribution in [2.24, 2.45) is 0 Å². The predicted molar refractivity (Wildman–Crippen MR) is 139 cm³/mol. The molecule has 4 aromatic rings. The molecule has 0 radical (unpaired) electrons. The predicted octanol–water partition coefficient (Wildman–Crippen LogP) is 3.21. The monoisotopic (exact) mass is 520 g/mol. The Morgan fingerprint density at radius 1 is 1.11 bits per heavy atom. The molecule has 1 atom stereocenters. The Bertz CT molecular complexity index is 1650. The quantitative estimate of drug-likeness (QED) is 0.367. The second-order valence-electron chi connectivity index (χ2n) is 9.40. The molecule has 0 bridgehead atoms. The van der Waals surface area contributed by atoms with Crippen LogP contribution >= 0.6 is 0 Å². The molecule has 0 aliphatic heterocycles. The van der Waals surface area contributed by atoms with Crippen LogP contribution in [0.25, 0.3) is 22.6 Å². The molecule has 11 nitrogen and oxygen atoms in total. The normalized spacial score (nSPS) is 14.6. The van der Waals surface area contributed by atoms with Gasteiger partial charge in [0, 0.05) is 24.4 Å². The van der Waals surface area contributed by atoms with Crippen molar-refractivity contribution in [3.63, 3.8) is 0 Å². The van der Waals surface area contributed by atoms with E-state index in [2.05, 4.69) is 30.2 Å². The first kappa shape index (κ1) is 24.9. The van der Waals surface area contributed by atoms with Crippen LogP contribution in [0.4, 0.5) is 5.82 Å². The number of rotatable bonds is 8. The largest absolute Gasteiger partial charge is 0.360 e. The van der Waals surface area contributed by atoms with Crippen molar-refractivity contribution in [1.29, 1.82) is 0 Å². The zero-order valence-corrected chi connectivity index (χ0v) is 21.9. The molecule has 1 N–H and O–H groups in total. The van der Waals surface area contributed by atoms with E-state index in [0.717, 1.165) is 36.0 Å². The van der Waals surface area contributed by atoms with Crippen molar-refractivity contribution in [3.05, 3.63) is 58.3 Å². The number of anilines is 1. The number of aromatic nitrogens is 7. The molecule has 0 saturated heterocycles. The van der Waals surface area contributed by atoms with E-state index in [-0.39, 0.29) is 28.9 Å². The third-order valence-corrected chi connectivity index (χ3v) is 7.68. The van der Waals surface area contributed by atoms with Gasteiger partial charge >= 0.3 is 0 Å². The summed E-state index contributed by atoms with van der Waals surface area (Å²) in [4.78, 5) is 40.7. The number of pyridine rings is 1. The minimum Gasteiger partial charge on any atom is -0.360 e. The standard InChI is InChI=1S/C25H28N8O3S/c1-5-14(2)33-24-19(12-28-22(32-24)20-15(3)29-13-30-21(20)16-6-7-16)31-23(25(33)34)27-10-17-8-9-18(11-26-17)37(4,35)36/h8-9,11-14,16H,5-7,10H2,1-4H3,(H,27,31)/t14-/m1/s1. The first-order valence-corrected chi connectivity index (χ1v) is 14.1. The van der Waals surface area contributed by atoms with Crippen LogP contribution in [0.1, 0.15) is 62.2 Å². The van der Waals surface area contributed by atoms with Crippen LogP contribution in [0.2, 0.25) is 0 Å². The SMILES string of the molecule is CC[C@@H](C)n1c(=O)c(NCc2ccc(S(C)(=O)=O)cn2)nc2cnc(-c3c(C)ncnc3C3CC3)nc21. The summed E-state index contributed by atoms with van der Waals surface area (Å²) in [7, 11) is -3.34. The maximum atomic E-state index is 13.5. The Kier molecular flexibility index (Phi) is 6.44. The number of aryl methyl sites for hydroxylation is 1. The average molecular weight is 521 g/mol. The van der Waals surface area contributed by atoms with E-state index in [1.54, 1.807) is 23.2 Å². The first-order valence-electron chi connectivity index (χ1n) is 12.2. The highest BCUT2D eigenvalue weighted by atomic mass is 32.2. The van der Waals surface area contributed by atoms with Crippen molar-refractivity contribution in [1.82, 2.24) is 34.5 Å². The van der Waals surface area contributed by atoms with Gasteiger partial charge in [-0.2, -0.15) is 0 Å². The minimum absolute atomic E-state index is 0.135. The lowest BCUT2D eigenvalue weighted by molar-refractivity contribution is 0.526. The maximum Gasteiger partial charge on any atom is 0.295 e. The molecule has 192 valence electrons. The van der Waals surface area contributed by atoms with Crippen LogP contribution in [0.3, 0.4) is 0 Å². The van der Waals surface area contributed by atoms with Crippen molar-refractivity contribution in [2.45, 2.75) is 63.4 Å². The summed E-state index contributed by atoms with van der Waals surface area (Å²) in [6, 6.07) is 2.96. The van der Waals surface area contributed by atoms with Crippen molar-refractivity contribution in [3.8, 4) is 11.4 Å². The molecular weight excluding hydrogens is 492 g/mol. The van der Waals surface area contributed by atoms with Crippen molar-refractivity contribution < 1.29 is 8.42 Å². The first-order chi connectivity index (χ1) is 17.7. The Balaban J connectivity index is 1.55. The summed E-state index contributed by atoms with van der Waals surface area (Å²) in [5, 5.41) is 3.05. The summed E-state index contributed by atoms with van der Waals surface area (Å²) in [6.07, 6.45) is 8.51. The Morgan fingerprint density at radius 3 is 2.54 bits per heavy atom. The molecule has 4 heterocycles. The molecule has 5 rings (SSSR count). The molecule has 4 aromatic heterocycles. The van der Waals surface area contributed by atoms with Crippen LogP contribution in [0.15, 0.2) is 40.5 Å². The highest BCUT2D eigenvalue weighted by Crippen LogP contribution is 2.43. The fourth-order valence-corrected chi connectivity index (χ4v) is 4.73. The van der Waals surface area contributed by atoms with Crippen LogP contribution in [-0.2, 0) is 16.4 Å². The Morgan fingerprint density at radius 2 is 1.89 bits per heavy atom. The third kappa shape index (κ3) is 4.93. The molecule has 0 amide bonds. The van der Waals surface area contributed by atoms with Gasteiger partial charge < -0.3 is 5.32 Å². The van der Waals surface area contributed by atoms with E-state index >= 15 is 0 Å². The Labute approximate surface area is 214 Å². The van der Waals surface area contributed by atoms with Crippen LogP contribution < -0.4 is 10.9 Å². The summed E-state index contributed by atoms with van der Waals surface area (Å²) < 4.78 is 25.0. The van der Waals surface area contributed by atoms with Crippen LogP contribution in [-0.4, -0.2) is 49.1 Å². The molecule has 1 aliphatic rings. The third-order valence-electron chi connectivity index (χ3n) is 6.58. The highest BCUT2D eigenvalue weighted by molar-refractivity contribution is 7.90. The molecule has 0 unspecified atom stereocenters. The minimum atomic E-state index is -3.34. The number of nitrogens with zero attached hydrogens (tertiary/aromatic N) is 7. The lowest BCUT2D eigenvalue weighted by Crippen LogP contribution is -2.28. The molecule has 0 aromatic carbocycles. The van der Waals surface area contributed by atoms with Gasteiger partial charge in [0.25, 0.3) is 5.56 Å². The van der Waals surface area contributed by atoms with E-state index in [0.29, 0.717) is 35.0 Å². The molecule has 37 heavy (non-hydrogen) atoms. The van der Waals surface area contributed by atoms with Gasteiger partial charge in [-0.1, -0.05) is 6.92 Å². The van der Waals surface area contributed by atoms with Crippen molar-refractivity contribution >= 4 is 26.8 Å². The second-order valence-corrected chi connectivity index (χ2v) is 11.4. The van der Waals surface area contributed by atoms with E-state index in [9.17, 15) is 13.2 Å². The molecule has 1 fully saturated rings. The van der Waals surface area contributed by atoms with Gasteiger partial charge in [0.1, 0.15) is 11.8 Å². The van der Waals surface area contributed by atoms with Crippen LogP contribution in [0.5, 0.6) is 0 Å². The van der Waals surface area contributed by atoms with Crippen molar-refractivity contribution in [2.75, 3.05) is 11.6 Å². The van der Waals surface area contributed by atoms with E-state index in [1.165, 1.54) is 12.3 Å². The van der Waals surface area contributed by atoms with E-state index in [4.69, 9.17) is 4.98 Å². The summed E-state index contributed by atoms with van der Waals surface area (Å²) in [5.74, 6) is 1.02.